The molecule has 2 aliphatic rings. The zero-order valence-electron chi connectivity index (χ0n) is 11.3. The first-order valence-electron chi connectivity index (χ1n) is 6.80. The third-order valence-electron chi connectivity index (χ3n) is 3.61. The van der Waals surface area contributed by atoms with Gasteiger partial charge in [-0.25, -0.2) is 0 Å². The molecular weight excluding hydrogens is 288 g/mol. The van der Waals surface area contributed by atoms with E-state index in [0.29, 0.717) is 10.9 Å². The number of thiocarbonyl (C=S) groups is 1. The number of thioether (sulfide) groups is 1. The number of fused-ring (bicyclic) bond motifs is 1. The summed E-state index contributed by atoms with van der Waals surface area (Å²) in [6.07, 6.45) is 4.19. The van der Waals surface area contributed by atoms with E-state index < -0.39 is 0 Å². The number of amides is 1. The van der Waals surface area contributed by atoms with Gasteiger partial charge in [0.1, 0.15) is 4.32 Å². The van der Waals surface area contributed by atoms with Crippen molar-refractivity contribution in [3.05, 3.63) is 40.9 Å². The van der Waals surface area contributed by atoms with Crippen LogP contribution in [0.25, 0.3) is 0 Å². The third-order valence-corrected chi connectivity index (χ3v) is 4.97. The third kappa shape index (κ3) is 2.36. The molecule has 0 unspecified atom stereocenters. The lowest BCUT2D eigenvalue weighted by atomic mass is 10.0. The van der Waals surface area contributed by atoms with Crippen LogP contribution in [0.1, 0.15) is 18.9 Å². The zero-order valence-corrected chi connectivity index (χ0v) is 13.0. The number of nitrogens with zero attached hydrogens (tertiary/aromatic N) is 2. The van der Waals surface area contributed by atoms with Gasteiger partial charge >= 0.3 is 0 Å². The highest BCUT2D eigenvalue weighted by Crippen LogP contribution is 2.34. The smallest absolute Gasteiger partial charge is 0.267 e. The molecule has 1 saturated heterocycles. The fourth-order valence-corrected chi connectivity index (χ4v) is 3.97. The molecule has 0 atom stereocenters. The first-order chi connectivity index (χ1) is 9.70. The van der Waals surface area contributed by atoms with Gasteiger partial charge in [0, 0.05) is 25.0 Å². The van der Waals surface area contributed by atoms with E-state index in [1.54, 1.807) is 4.90 Å². The lowest BCUT2D eigenvalue weighted by molar-refractivity contribution is -0.122. The van der Waals surface area contributed by atoms with Crippen LogP contribution in [0.5, 0.6) is 0 Å². The van der Waals surface area contributed by atoms with Crippen molar-refractivity contribution in [2.45, 2.75) is 19.8 Å². The van der Waals surface area contributed by atoms with Crippen LogP contribution in [-0.2, 0) is 11.2 Å². The van der Waals surface area contributed by atoms with Gasteiger partial charge in [-0.3, -0.25) is 9.69 Å². The van der Waals surface area contributed by atoms with Crippen molar-refractivity contribution in [1.82, 2.24) is 4.90 Å². The molecule has 0 radical (unpaired) electrons. The molecule has 1 amide bonds. The van der Waals surface area contributed by atoms with Gasteiger partial charge in [-0.15, -0.1) is 0 Å². The number of benzene rings is 1. The SMILES string of the molecule is CCN1C(=O)/C(=C/N2CCCc3ccccc32)SC1=S. The molecule has 0 aromatic heterocycles. The van der Waals surface area contributed by atoms with Crippen LogP contribution in [0.4, 0.5) is 5.69 Å². The average Bonchev–Trinajstić information content (AvgIpc) is 2.73. The van der Waals surface area contributed by atoms with E-state index in [4.69, 9.17) is 12.2 Å². The van der Waals surface area contributed by atoms with Crippen LogP contribution < -0.4 is 4.90 Å². The highest BCUT2D eigenvalue weighted by molar-refractivity contribution is 8.26. The number of anilines is 1. The summed E-state index contributed by atoms with van der Waals surface area (Å²) in [4.78, 5) is 16.8. The number of hydrogen-bond donors (Lipinski definition) is 0. The molecule has 0 spiro atoms. The molecule has 0 aliphatic carbocycles. The summed E-state index contributed by atoms with van der Waals surface area (Å²) in [5.41, 5.74) is 2.56. The van der Waals surface area contributed by atoms with Gasteiger partial charge in [-0.05, 0) is 31.4 Å². The van der Waals surface area contributed by atoms with Gasteiger partial charge in [-0.1, -0.05) is 42.2 Å². The molecule has 0 saturated carbocycles. The van der Waals surface area contributed by atoms with Crippen molar-refractivity contribution in [3.63, 3.8) is 0 Å². The average molecular weight is 304 g/mol. The monoisotopic (exact) mass is 304 g/mol. The maximum Gasteiger partial charge on any atom is 0.267 e. The molecule has 2 aliphatic heterocycles. The second-order valence-electron chi connectivity index (χ2n) is 4.84. The van der Waals surface area contributed by atoms with Gasteiger partial charge in [0.25, 0.3) is 5.91 Å². The maximum atomic E-state index is 12.3. The number of carbonyl (C=O) groups is 1. The minimum absolute atomic E-state index is 0.0329. The first-order valence-corrected chi connectivity index (χ1v) is 8.03. The van der Waals surface area contributed by atoms with Gasteiger partial charge in [0.05, 0.1) is 4.91 Å². The highest BCUT2D eigenvalue weighted by atomic mass is 32.2. The minimum Gasteiger partial charge on any atom is -0.346 e. The van der Waals surface area contributed by atoms with E-state index >= 15 is 0 Å². The molecule has 1 aromatic carbocycles. The molecule has 0 N–H and O–H groups in total. The Bertz CT molecular complexity index is 597. The van der Waals surface area contributed by atoms with Crippen molar-refractivity contribution in [3.8, 4) is 0 Å². The van der Waals surface area contributed by atoms with Crippen molar-refractivity contribution in [2.75, 3.05) is 18.0 Å². The summed E-state index contributed by atoms with van der Waals surface area (Å²) in [6.45, 7) is 3.54. The van der Waals surface area contributed by atoms with Gasteiger partial charge in [0.15, 0.2) is 0 Å². The van der Waals surface area contributed by atoms with Crippen molar-refractivity contribution < 1.29 is 4.79 Å². The second kappa shape index (κ2) is 5.58. The topological polar surface area (TPSA) is 23.6 Å². The van der Waals surface area contributed by atoms with Crippen molar-refractivity contribution in [1.29, 1.82) is 0 Å². The Kier molecular flexibility index (Phi) is 3.81. The fourth-order valence-electron chi connectivity index (χ4n) is 2.60. The number of carbonyl (C=O) groups excluding carboxylic acids is 1. The van der Waals surface area contributed by atoms with Crippen LogP contribution in [0.15, 0.2) is 35.4 Å². The molecule has 5 heteroatoms. The fraction of sp³-hybridized carbons (Fsp3) is 0.333. The van der Waals surface area contributed by atoms with E-state index in [1.807, 2.05) is 19.2 Å². The lowest BCUT2D eigenvalue weighted by Gasteiger charge is -2.28. The largest absolute Gasteiger partial charge is 0.346 e. The molecule has 0 bridgehead atoms. The predicted octanol–water partition coefficient (Wildman–Crippen LogP) is 3.16. The van der Waals surface area contributed by atoms with E-state index in [9.17, 15) is 4.79 Å². The zero-order chi connectivity index (χ0) is 14.1. The molecule has 1 fully saturated rings. The lowest BCUT2D eigenvalue weighted by Crippen LogP contribution is -2.28. The molecule has 2 heterocycles. The molecule has 3 nitrogen and oxygen atoms in total. The molecule has 3 rings (SSSR count). The van der Waals surface area contributed by atoms with E-state index in [1.165, 1.54) is 23.0 Å². The predicted molar refractivity (Wildman–Crippen MR) is 87.8 cm³/mol. The van der Waals surface area contributed by atoms with E-state index in [2.05, 4.69) is 23.1 Å². The Morgan fingerprint density at radius 1 is 1.40 bits per heavy atom. The normalized spacial score (nSPS) is 20.8. The number of hydrogen-bond acceptors (Lipinski definition) is 4. The van der Waals surface area contributed by atoms with Gasteiger partial charge in [-0.2, -0.15) is 0 Å². The molecule has 20 heavy (non-hydrogen) atoms. The summed E-state index contributed by atoms with van der Waals surface area (Å²) in [6, 6.07) is 8.39. The van der Waals surface area contributed by atoms with E-state index in [-0.39, 0.29) is 5.91 Å². The van der Waals surface area contributed by atoms with Crippen LogP contribution in [-0.4, -0.2) is 28.2 Å². The van der Waals surface area contributed by atoms with Crippen LogP contribution in [0.3, 0.4) is 0 Å². The van der Waals surface area contributed by atoms with Gasteiger partial charge < -0.3 is 4.90 Å². The first kappa shape index (κ1) is 13.6. The quantitative estimate of drug-likeness (QED) is 0.618. The summed E-state index contributed by atoms with van der Waals surface area (Å²) >= 11 is 6.65. The van der Waals surface area contributed by atoms with Crippen LogP contribution in [0, 0.1) is 0 Å². The Hall–Kier alpha value is -1.33. The number of likely N-dealkylation sites (N-methyl/N-ethyl adjacent to an activating group) is 1. The Balaban J connectivity index is 1.91. The molecule has 1 aromatic rings. The highest BCUT2D eigenvalue weighted by Gasteiger charge is 2.31. The number of aryl methyl sites for hydroxylation is 1. The Morgan fingerprint density at radius 2 is 2.20 bits per heavy atom. The second-order valence-corrected chi connectivity index (χ2v) is 6.51. The number of rotatable bonds is 2. The molecular formula is C15H16N2OS2. The van der Waals surface area contributed by atoms with Crippen molar-refractivity contribution in [2.24, 2.45) is 0 Å². The summed E-state index contributed by atoms with van der Waals surface area (Å²) in [7, 11) is 0. The maximum absolute atomic E-state index is 12.3. The Morgan fingerprint density at radius 3 is 2.95 bits per heavy atom. The summed E-state index contributed by atoms with van der Waals surface area (Å²) in [5.74, 6) is 0.0329. The minimum atomic E-state index is 0.0329. The number of para-hydroxylation sites is 1. The summed E-state index contributed by atoms with van der Waals surface area (Å²) < 4.78 is 0.661. The standard InChI is InChI=1S/C15H16N2OS2/c1-2-17-14(18)13(20-15(17)19)10-16-9-5-7-11-6-3-4-8-12(11)16/h3-4,6,8,10H,2,5,7,9H2,1H3/b13-10-. The molecule has 104 valence electrons. The van der Waals surface area contributed by atoms with E-state index in [0.717, 1.165) is 24.3 Å². The van der Waals surface area contributed by atoms with Crippen LogP contribution >= 0.6 is 24.0 Å². The van der Waals surface area contributed by atoms with Crippen molar-refractivity contribution >= 4 is 39.9 Å². The summed E-state index contributed by atoms with van der Waals surface area (Å²) in [5, 5.41) is 0. The van der Waals surface area contributed by atoms with Gasteiger partial charge in [0.2, 0.25) is 0 Å². The Labute approximate surface area is 128 Å². The van der Waals surface area contributed by atoms with Crippen LogP contribution in [0.2, 0.25) is 0 Å².